The number of nitrogens with one attached hydrogen (secondary N) is 1. The van der Waals surface area contributed by atoms with E-state index in [-0.39, 0.29) is 0 Å². The molecule has 1 aliphatic carbocycles. The molecule has 2 atom stereocenters. The van der Waals surface area contributed by atoms with Crippen molar-refractivity contribution < 1.29 is 19.5 Å². The SMILES string of the molecule is NC(=O)C1(Cc2cccc(OCc3ccccc3)c2)CC1C(=O)NO. The summed E-state index contributed by atoms with van der Waals surface area (Å²) in [5.74, 6) is -1.01. The van der Waals surface area contributed by atoms with Gasteiger partial charge < -0.3 is 10.5 Å². The van der Waals surface area contributed by atoms with E-state index in [9.17, 15) is 9.59 Å². The number of hydrogen-bond donors (Lipinski definition) is 3. The Labute approximate surface area is 145 Å². The molecule has 1 aliphatic rings. The number of rotatable bonds is 7. The Kier molecular flexibility index (Phi) is 4.72. The molecule has 0 aromatic heterocycles. The van der Waals surface area contributed by atoms with Crippen LogP contribution in [0, 0.1) is 11.3 Å². The number of carbonyl (C=O) groups excluding carboxylic acids is 2. The Bertz CT molecular complexity index is 778. The van der Waals surface area contributed by atoms with E-state index in [2.05, 4.69) is 0 Å². The number of amides is 2. The van der Waals surface area contributed by atoms with Crippen LogP contribution in [0.4, 0.5) is 0 Å². The predicted octanol–water partition coefficient (Wildman–Crippen LogP) is 1.81. The molecule has 1 saturated carbocycles. The molecule has 2 unspecified atom stereocenters. The minimum Gasteiger partial charge on any atom is -0.489 e. The van der Waals surface area contributed by atoms with Crippen LogP contribution < -0.4 is 16.0 Å². The summed E-state index contributed by atoms with van der Waals surface area (Å²) in [4.78, 5) is 23.5. The fraction of sp³-hybridized carbons (Fsp3) is 0.263. The van der Waals surface area contributed by atoms with Crippen molar-refractivity contribution in [3.8, 4) is 5.75 Å². The van der Waals surface area contributed by atoms with Gasteiger partial charge in [-0.2, -0.15) is 0 Å². The molecule has 130 valence electrons. The van der Waals surface area contributed by atoms with Crippen molar-refractivity contribution >= 4 is 11.8 Å². The third-order valence-electron chi connectivity index (χ3n) is 4.66. The summed E-state index contributed by atoms with van der Waals surface area (Å²) in [5, 5.41) is 8.78. The van der Waals surface area contributed by atoms with Crippen LogP contribution in [0.1, 0.15) is 17.5 Å². The lowest BCUT2D eigenvalue weighted by Gasteiger charge is -2.14. The summed E-state index contributed by atoms with van der Waals surface area (Å²) in [5.41, 5.74) is 8.08. The molecule has 25 heavy (non-hydrogen) atoms. The Hall–Kier alpha value is -2.86. The van der Waals surface area contributed by atoms with Gasteiger partial charge in [0.25, 0.3) is 0 Å². The fourth-order valence-corrected chi connectivity index (χ4v) is 3.13. The van der Waals surface area contributed by atoms with Gasteiger partial charge in [0, 0.05) is 0 Å². The lowest BCUT2D eigenvalue weighted by molar-refractivity contribution is -0.134. The van der Waals surface area contributed by atoms with Gasteiger partial charge in [-0.05, 0) is 36.1 Å². The lowest BCUT2D eigenvalue weighted by atomic mass is 9.93. The van der Waals surface area contributed by atoms with Crippen molar-refractivity contribution in [1.82, 2.24) is 5.48 Å². The first-order valence-electron chi connectivity index (χ1n) is 8.05. The van der Waals surface area contributed by atoms with Crippen LogP contribution in [-0.2, 0) is 22.6 Å². The van der Waals surface area contributed by atoms with Crippen molar-refractivity contribution in [2.24, 2.45) is 17.1 Å². The van der Waals surface area contributed by atoms with Crippen LogP contribution in [-0.4, -0.2) is 17.0 Å². The van der Waals surface area contributed by atoms with Gasteiger partial charge in [-0.25, -0.2) is 5.48 Å². The molecule has 0 bridgehead atoms. The molecule has 1 fully saturated rings. The quantitative estimate of drug-likeness (QED) is 0.528. The molecule has 6 heteroatoms. The summed E-state index contributed by atoms with van der Waals surface area (Å²) in [7, 11) is 0. The topological polar surface area (TPSA) is 102 Å². The van der Waals surface area contributed by atoms with Crippen molar-refractivity contribution in [3.63, 3.8) is 0 Å². The van der Waals surface area contributed by atoms with E-state index in [1.54, 1.807) is 5.48 Å². The summed E-state index contributed by atoms with van der Waals surface area (Å²) in [6, 6.07) is 17.2. The number of hydroxylamine groups is 1. The van der Waals surface area contributed by atoms with Gasteiger partial charge in [0.05, 0.1) is 11.3 Å². The van der Waals surface area contributed by atoms with E-state index in [0.717, 1.165) is 11.1 Å². The highest BCUT2D eigenvalue weighted by molar-refractivity contribution is 5.95. The second kappa shape index (κ2) is 6.94. The fourth-order valence-electron chi connectivity index (χ4n) is 3.13. The smallest absolute Gasteiger partial charge is 0.247 e. The molecular formula is C19H20N2O4. The number of nitrogens with two attached hydrogens (primary N) is 1. The maximum absolute atomic E-state index is 11.8. The Morgan fingerprint density at radius 1 is 1.16 bits per heavy atom. The predicted molar refractivity (Wildman–Crippen MR) is 90.6 cm³/mol. The number of benzene rings is 2. The molecule has 0 spiro atoms. The van der Waals surface area contributed by atoms with Crippen molar-refractivity contribution in [1.29, 1.82) is 0 Å². The Morgan fingerprint density at radius 3 is 2.56 bits per heavy atom. The van der Waals surface area contributed by atoms with Crippen LogP contribution in [0.3, 0.4) is 0 Å². The maximum atomic E-state index is 11.8. The van der Waals surface area contributed by atoms with Crippen LogP contribution in [0.5, 0.6) is 5.75 Å². The summed E-state index contributed by atoms with van der Waals surface area (Å²) >= 11 is 0. The van der Waals surface area contributed by atoms with E-state index in [1.807, 2.05) is 54.6 Å². The monoisotopic (exact) mass is 340 g/mol. The van der Waals surface area contributed by atoms with E-state index in [0.29, 0.717) is 25.2 Å². The van der Waals surface area contributed by atoms with Gasteiger partial charge >= 0.3 is 0 Å². The van der Waals surface area contributed by atoms with Crippen LogP contribution in [0.15, 0.2) is 54.6 Å². The summed E-state index contributed by atoms with van der Waals surface area (Å²) in [6.07, 6.45) is 0.673. The van der Waals surface area contributed by atoms with Crippen molar-refractivity contribution in [3.05, 3.63) is 65.7 Å². The van der Waals surface area contributed by atoms with Gasteiger partial charge in [-0.1, -0.05) is 42.5 Å². The van der Waals surface area contributed by atoms with Crippen molar-refractivity contribution in [2.75, 3.05) is 0 Å². The van der Waals surface area contributed by atoms with Crippen LogP contribution >= 0.6 is 0 Å². The minimum atomic E-state index is -0.940. The largest absolute Gasteiger partial charge is 0.489 e. The standard InChI is InChI=1S/C19H20N2O4/c20-18(23)19(11-16(19)17(22)21-24)10-14-7-4-8-15(9-14)25-12-13-5-2-1-3-6-13/h1-9,16,24H,10-12H2,(H2,20,23)(H,21,22). The lowest BCUT2D eigenvalue weighted by Crippen LogP contribution is -2.33. The van der Waals surface area contributed by atoms with Gasteiger partial charge in [-0.3, -0.25) is 14.8 Å². The van der Waals surface area contributed by atoms with E-state index >= 15 is 0 Å². The highest BCUT2D eigenvalue weighted by atomic mass is 16.5. The zero-order valence-corrected chi connectivity index (χ0v) is 13.6. The molecule has 4 N–H and O–H groups in total. The van der Waals surface area contributed by atoms with E-state index < -0.39 is 23.1 Å². The highest BCUT2D eigenvalue weighted by Crippen LogP contribution is 2.54. The van der Waals surface area contributed by atoms with E-state index in [4.69, 9.17) is 15.7 Å². The molecule has 0 heterocycles. The Balaban J connectivity index is 1.69. The second-order valence-corrected chi connectivity index (χ2v) is 6.35. The molecule has 2 amide bonds. The first-order valence-corrected chi connectivity index (χ1v) is 8.05. The minimum absolute atomic E-state index is 0.336. The molecule has 2 aromatic rings. The highest BCUT2D eigenvalue weighted by Gasteiger charge is 2.62. The zero-order chi connectivity index (χ0) is 17.9. The molecular weight excluding hydrogens is 320 g/mol. The third-order valence-corrected chi connectivity index (χ3v) is 4.66. The van der Waals surface area contributed by atoms with Crippen LogP contribution in [0.25, 0.3) is 0 Å². The van der Waals surface area contributed by atoms with Gasteiger partial charge in [-0.15, -0.1) is 0 Å². The maximum Gasteiger partial charge on any atom is 0.247 e. The average molecular weight is 340 g/mol. The second-order valence-electron chi connectivity index (χ2n) is 6.35. The normalized spacial score (nSPS) is 21.4. The summed E-state index contributed by atoms with van der Waals surface area (Å²) < 4.78 is 5.79. The first-order chi connectivity index (χ1) is 12.0. The van der Waals surface area contributed by atoms with Gasteiger partial charge in [0.2, 0.25) is 11.8 Å². The van der Waals surface area contributed by atoms with Crippen molar-refractivity contribution in [2.45, 2.75) is 19.4 Å². The molecule has 6 nitrogen and oxygen atoms in total. The number of ether oxygens (including phenoxy) is 1. The van der Waals surface area contributed by atoms with Gasteiger partial charge in [0.15, 0.2) is 0 Å². The molecule has 0 aliphatic heterocycles. The molecule has 0 radical (unpaired) electrons. The third kappa shape index (κ3) is 3.64. The first kappa shape index (κ1) is 17.0. The average Bonchev–Trinajstić information content (AvgIpc) is 3.36. The van der Waals surface area contributed by atoms with Crippen LogP contribution in [0.2, 0.25) is 0 Å². The summed E-state index contributed by atoms with van der Waals surface area (Å²) in [6.45, 7) is 0.445. The zero-order valence-electron chi connectivity index (χ0n) is 13.6. The number of carbonyl (C=O) groups is 2. The Morgan fingerprint density at radius 2 is 1.88 bits per heavy atom. The molecule has 0 saturated heterocycles. The van der Waals surface area contributed by atoms with E-state index in [1.165, 1.54) is 0 Å². The molecule has 2 aromatic carbocycles. The van der Waals surface area contributed by atoms with Gasteiger partial charge in [0.1, 0.15) is 12.4 Å². The number of primary amides is 1. The molecule has 3 rings (SSSR count). The number of hydrogen-bond acceptors (Lipinski definition) is 4.